The van der Waals surface area contributed by atoms with E-state index in [-0.39, 0.29) is 35.2 Å². The molecule has 4 aromatic rings. The Labute approximate surface area is 314 Å². The van der Waals surface area contributed by atoms with Crippen LogP contribution in [-0.2, 0) is 48.9 Å². The number of nitrogens with two attached hydrogens (primary N) is 1. The summed E-state index contributed by atoms with van der Waals surface area (Å²) in [5, 5.41) is 1.22. The number of carbonyl (C=O) groups is 2. The monoisotopic (exact) mass is 765 g/mol. The number of benzene rings is 4. The molecule has 3 aliphatic rings. The molecule has 7 rings (SSSR count). The highest BCUT2D eigenvalue weighted by Gasteiger charge is 2.38. The minimum atomic E-state index is -4.43. The number of methoxy groups -OCH3 is 1. The molecule has 0 saturated carbocycles. The van der Waals surface area contributed by atoms with Crippen molar-refractivity contribution < 1.29 is 36.3 Å². The number of fused-ring (bicyclic) bond motifs is 3. The predicted octanol–water partition coefficient (Wildman–Crippen LogP) is 8.60. The van der Waals surface area contributed by atoms with Crippen LogP contribution in [0.1, 0.15) is 66.6 Å². The molecule has 13 heteroatoms. The van der Waals surface area contributed by atoms with Crippen molar-refractivity contribution in [3.63, 3.8) is 0 Å². The summed E-state index contributed by atoms with van der Waals surface area (Å²) in [5.74, 6) is -3.94. The van der Waals surface area contributed by atoms with Crippen molar-refractivity contribution in [3.8, 4) is 0 Å². The summed E-state index contributed by atoms with van der Waals surface area (Å²) in [6.45, 7) is 0.771. The molecular formula is C40H36F5N3O3S2. The average Bonchev–Trinajstić information content (AvgIpc) is 3.72. The second kappa shape index (κ2) is 16.5. The van der Waals surface area contributed by atoms with Crippen molar-refractivity contribution in [1.82, 2.24) is 4.90 Å². The molecule has 4 aromatic carbocycles. The molecule has 0 aromatic heterocycles. The minimum Gasteiger partial charge on any atom is -0.465 e. The van der Waals surface area contributed by atoms with Crippen LogP contribution >= 0.6 is 24.4 Å². The van der Waals surface area contributed by atoms with Gasteiger partial charge >= 0.3 is 12.1 Å². The maximum Gasteiger partial charge on any atom is 0.416 e. The van der Waals surface area contributed by atoms with E-state index < -0.39 is 23.6 Å². The van der Waals surface area contributed by atoms with Gasteiger partial charge in [-0.1, -0.05) is 79.0 Å². The number of halogens is 5. The lowest BCUT2D eigenvalue weighted by Gasteiger charge is -2.34. The van der Waals surface area contributed by atoms with Crippen LogP contribution in [0, 0.1) is 0 Å². The maximum absolute atomic E-state index is 13.2. The third kappa shape index (κ3) is 9.45. The Morgan fingerprint density at radius 2 is 1.40 bits per heavy atom. The van der Waals surface area contributed by atoms with E-state index in [1.807, 2.05) is 24.3 Å². The van der Waals surface area contributed by atoms with Gasteiger partial charge in [0.15, 0.2) is 0 Å². The number of nitrogens with zero attached hydrogens (tertiary/aromatic N) is 2. The zero-order valence-corrected chi connectivity index (χ0v) is 30.5. The van der Waals surface area contributed by atoms with Crippen LogP contribution in [0.15, 0.2) is 89.9 Å². The van der Waals surface area contributed by atoms with Crippen LogP contribution in [0.2, 0.25) is 0 Å². The lowest BCUT2D eigenvalue weighted by molar-refractivity contribution is -0.137. The van der Waals surface area contributed by atoms with Gasteiger partial charge < -0.3 is 10.5 Å². The van der Waals surface area contributed by atoms with Crippen LogP contribution in [0.25, 0.3) is 0 Å². The number of rotatable bonds is 5. The minimum absolute atomic E-state index is 0.0622. The van der Waals surface area contributed by atoms with Gasteiger partial charge in [-0.3, -0.25) is 14.7 Å². The fourth-order valence-electron chi connectivity index (χ4n) is 6.60. The first kappa shape index (κ1) is 39.5. The van der Waals surface area contributed by atoms with E-state index in [1.54, 1.807) is 4.90 Å². The summed E-state index contributed by atoms with van der Waals surface area (Å²) in [6, 6.07) is 23.7. The van der Waals surface area contributed by atoms with Gasteiger partial charge in [-0.15, -0.1) is 0 Å². The third-order valence-corrected chi connectivity index (χ3v) is 9.62. The van der Waals surface area contributed by atoms with Crippen molar-refractivity contribution in [2.75, 3.05) is 7.11 Å². The third-order valence-electron chi connectivity index (χ3n) is 9.15. The van der Waals surface area contributed by atoms with E-state index in [1.165, 1.54) is 59.1 Å². The van der Waals surface area contributed by atoms with E-state index in [4.69, 9.17) is 18.0 Å². The molecule has 1 amide bonds. The zero-order chi connectivity index (χ0) is 38.5. The summed E-state index contributed by atoms with van der Waals surface area (Å²) in [7, 11) is 1.21. The molecule has 0 bridgehead atoms. The number of hydrogen-bond acceptors (Lipinski definition) is 7. The second-order valence-corrected chi connectivity index (χ2v) is 13.7. The smallest absolute Gasteiger partial charge is 0.416 e. The van der Waals surface area contributed by atoms with Gasteiger partial charge in [-0.2, -0.15) is 13.2 Å². The molecule has 1 heterocycles. The van der Waals surface area contributed by atoms with Gasteiger partial charge in [0.25, 0.3) is 11.8 Å². The molecule has 0 unspecified atom stereocenters. The predicted molar refractivity (Wildman–Crippen MR) is 203 cm³/mol. The molecule has 0 spiro atoms. The summed E-state index contributed by atoms with van der Waals surface area (Å²) >= 11 is 9.94. The molecule has 53 heavy (non-hydrogen) atoms. The Bertz CT molecular complexity index is 2010. The second-order valence-electron chi connectivity index (χ2n) is 12.9. The summed E-state index contributed by atoms with van der Waals surface area (Å²) in [6.07, 6.45) is 0.578. The molecule has 276 valence electrons. The molecule has 0 atom stereocenters. The first-order valence-electron chi connectivity index (χ1n) is 16.6. The standard InChI is InChI=1S/C19H14F3NOS.C12H11F2NO2S.C9H11N/c20-19(21,22)14-5-6-16-13(7-14)10-17(25)23(18(16)24)15-8-11-3-1-2-4-12(11)9-15;1-12(13,14)8-3-4-9(11(16)17-2)10(7-8)15-5-6-18;10-9-5-7-3-1-2-4-8(7)6-9/h1-7,15H,8-10H2;3-7H,1-2H3;1-4,9H,5-6,10H2. The molecule has 0 radical (unpaired) electrons. The quantitative estimate of drug-likeness (QED) is 0.0949. The molecule has 1 aliphatic heterocycles. The van der Waals surface area contributed by atoms with Crippen LogP contribution < -0.4 is 5.73 Å². The van der Waals surface area contributed by atoms with Gasteiger partial charge in [0, 0.05) is 48.1 Å². The molecule has 0 saturated heterocycles. The Morgan fingerprint density at radius 1 is 0.849 bits per heavy atom. The molecule has 2 N–H and O–H groups in total. The van der Waals surface area contributed by atoms with Crippen LogP contribution in [0.3, 0.4) is 0 Å². The number of aliphatic imine (C=N–C) groups is 1. The summed E-state index contributed by atoms with van der Waals surface area (Å²) in [4.78, 5) is 30.2. The van der Waals surface area contributed by atoms with Crippen molar-refractivity contribution >= 4 is 58.6 Å². The largest absolute Gasteiger partial charge is 0.465 e. The van der Waals surface area contributed by atoms with Crippen LogP contribution in [0.5, 0.6) is 0 Å². The molecule has 6 nitrogen and oxygen atoms in total. The molecule has 2 aliphatic carbocycles. The maximum atomic E-state index is 13.2. The Hall–Kier alpha value is -4.72. The van der Waals surface area contributed by atoms with E-state index in [9.17, 15) is 31.5 Å². The number of esters is 1. The van der Waals surface area contributed by atoms with Crippen molar-refractivity contribution in [2.24, 2.45) is 10.7 Å². The Kier molecular flexibility index (Phi) is 12.3. The van der Waals surface area contributed by atoms with Gasteiger partial charge in [0.05, 0.1) is 28.9 Å². The highest BCUT2D eigenvalue weighted by Crippen LogP contribution is 2.35. The van der Waals surface area contributed by atoms with Crippen molar-refractivity contribution in [2.45, 2.75) is 63.2 Å². The normalized spacial score (nSPS) is 15.5. The summed E-state index contributed by atoms with van der Waals surface area (Å²) in [5.41, 5.74) is 11.0. The van der Waals surface area contributed by atoms with Gasteiger partial charge in [0.1, 0.15) is 0 Å². The van der Waals surface area contributed by atoms with E-state index >= 15 is 0 Å². The first-order chi connectivity index (χ1) is 25.1. The number of ether oxygens (including phenoxy) is 1. The first-order valence-corrected chi connectivity index (χ1v) is 17.5. The van der Waals surface area contributed by atoms with Crippen molar-refractivity contribution in [3.05, 3.63) is 135 Å². The van der Waals surface area contributed by atoms with Crippen molar-refractivity contribution in [1.29, 1.82) is 0 Å². The average molecular weight is 766 g/mol. The van der Waals surface area contributed by atoms with Crippen LogP contribution in [-0.4, -0.2) is 52.5 Å². The lowest BCUT2D eigenvalue weighted by Crippen LogP contribution is -2.48. The molecule has 0 fully saturated rings. The molecular weight excluding hydrogens is 730 g/mol. The zero-order valence-electron chi connectivity index (χ0n) is 28.8. The van der Waals surface area contributed by atoms with Crippen LogP contribution in [0.4, 0.5) is 27.6 Å². The van der Waals surface area contributed by atoms with E-state index in [2.05, 4.69) is 46.2 Å². The fraction of sp³-hybridized carbons (Fsp3) is 0.275. The number of thiocarbonyl (C=S) groups is 2. The van der Waals surface area contributed by atoms with E-state index in [0.29, 0.717) is 22.2 Å². The SMILES string of the molecule is COC(=O)c1ccc(C(C)(F)F)cc1N=CC=S.NC1Cc2ccccc2C1.O=C1c2ccc(C(F)(F)F)cc2CC(=S)N1C1Cc2ccccc2C1. The van der Waals surface area contributed by atoms with Gasteiger partial charge in [0.2, 0.25) is 0 Å². The lowest BCUT2D eigenvalue weighted by atomic mass is 9.94. The van der Waals surface area contributed by atoms with Gasteiger partial charge in [-0.05, 0) is 83.8 Å². The fourth-order valence-corrected chi connectivity index (χ4v) is 7.05. The number of alkyl halides is 5. The van der Waals surface area contributed by atoms with Gasteiger partial charge in [-0.25, -0.2) is 13.6 Å². The highest BCUT2D eigenvalue weighted by atomic mass is 32.1. The van der Waals surface area contributed by atoms with E-state index in [0.717, 1.165) is 50.8 Å². The number of hydrogen-bond donors (Lipinski definition) is 1. The number of carbonyl (C=O) groups excluding carboxylic acids is 2. The number of amides is 1. The highest BCUT2D eigenvalue weighted by molar-refractivity contribution is 7.80. The Balaban J connectivity index is 0.000000168. The summed E-state index contributed by atoms with van der Waals surface area (Å²) < 4.78 is 69.6. The Morgan fingerprint density at radius 3 is 1.91 bits per heavy atom. The topological polar surface area (TPSA) is 85.0 Å².